The van der Waals surface area contributed by atoms with Gasteiger partial charge in [-0.1, -0.05) is 11.5 Å². The van der Waals surface area contributed by atoms with Gasteiger partial charge in [0.15, 0.2) is 0 Å². The van der Waals surface area contributed by atoms with Crippen LogP contribution < -0.4 is 5.46 Å². The molecule has 0 bridgehead atoms. The quantitative estimate of drug-likeness (QED) is 0.598. The number of benzene rings is 1. The summed E-state index contributed by atoms with van der Waals surface area (Å²) in [5.41, 5.74) is 3.33. The van der Waals surface area contributed by atoms with Crippen molar-refractivity contribution in [1.29, 1.82) is 0 Å². The molecule has 0 N–H and O–H groups in total. The molecule has 18 heavy (non-hydrogen) atoms. The van der Waals surface area contributed by atoms with Crippen LogP contribution in [0.5, 0.6) is 0 Å². The number of ether oxygens (including phenoxy) is 1. The van der Waals surface area contributed by atoms with E-state index < -0.39 is 0 Å². The Morgan fingerprint density at radius 1 is 1.39 bits per heavy atom. The van der Waals surface area contributed by atoms with Crippen LogP contribution in [0.15, 0.2) is 23.8 Å². The Hall–Kier alpha value is -1.58. The van der Waals surface area contributed by atoms with Gasteiger partial charge in [-0.2, -0.15) is 0 Å². The minimum Gasteiger partial charge on any atom is -0.463 e. The van der Waals surface area contributed by atoms with Gasteiger partial charge in [0.05, 0.1) is 6.61 Å². The van der Waals surface area contributed by atoms with Gasteiger partial charge in [-0.15, -0.1) is 0 Å². The molecule has 0 fully saturated rings. The summed E-state index contributed by atoms with van der Waals surface area (Å²) in [5, 5.41) is 0. The lowest BCUT2D eigenvalue weighted by atomic mass is 9.91. The molecule has 2 rings (SSSR count). The first-order chi connectivity index (χ1) is 8.61. The zero-order chi connectivity index (χ0) is 13.1. The van der Waals surface area contributed by atoms with Gasteiger partial charge in [0.2, 0.25) is 0 Å². The predicted molar refractivity (Wildman–Crippen MR) is 72.0 cm³/mol. The molecular formula is C14H16BFO2. The van der Waals surface area contributed by atoms with E-state index in [1.54, 1.807) is 6.92 Å². The van der Waals surface area contributed by atoms with Crippen molar-refractivity contribution in [3.8, 4) is 0 Å². The molecule has 0 saturated heterocycles. The highest BCUT2D eigenvalue weighted by molar-refractivity contribution is 6.32. The molecule has 0 amide bonds. The molecule has 0 unspecified atom stereocenters. The number of carbonyl (C=O) groups excluding carboxylic acids is 1. The lowest BCUT2D eigenvalue weighted by molar-refractivity contribution is -0.138. The molecule has 1 aliphatic carbocycles. The van der Waals surface area contributed by atoms with Crippen LogP contribution in [0.25, 0.3) is 5.57 Å². The Bertz CT molecular complexity index is 488. The fraction of sp³-hybridized carbons (Fsp3) is 0.357. The van der Waals surface area contributed by atoms with Gasteiger partial charge in [0, 0.05) is 5.57 Å². The van der Waals surface area contributed by atoms with E-state index >= 15 is 0 Å². The largest absolute Gasteiger partial charge is 0.463 e. The molecule has 1 aliphatic rings. The number of halogens is 1. The molecule has 0 heterocycles. The van der Waals surface area contributed by atoms with Crippen molar-refractivity contribution in [3.05, 3.63) is 35.2 Å². The number of hydrogen-bond donors (Lipinski definition) is 0. The van der Waals surface area contributed by atoms with E-state index in [0.717, 1.165) is 35.9 Å². The highest BCUT2D eigenvalue weighted by atomic mass is 19.1. The average molecular weight is 246 g/mol. The number of hydrogen-bond acceptors (Lipinski definition) is 2. The van der Waals surface area contributed by atoms with Crippen LogP contribution in [0, 0.1) is 5.82 Å². The Morgan fingerprint density at radius 3 is 2.83 bits per heavy atom. The smallest absolute Gasteiger partial charge is 0.334 e. The first-order valence-corrected chi connectivity index (χ1v) is 6.28. The maximum Gasteiger partial charge on any atom is 0.334 e. The van der Waals surface area contributed by atoms with Crippen molar-refractivity contribution < 1.29 is 13.9 Å². The van der Waals surface area contributed by atoms with Crippen LogP contribution in [0.1, 0.15) is 31.7 Å². The summed E-state index contributed by atoms with van der Waals surface area (Å²) in [4.78, 5) is 11.8. The number of rotatable bonds is 3. The van der Waals surface area contributed by atoms with Gasteiger partial charge in [-0.3, -0.25) is 0 Å². The molecule has 0 spiro atoms. The standard InChI is InChI=1S/C14H16BFO2/c1-2-18-14(17)13-5-3-4-12(13)9-6-10(15)8-11(16)7-9/h6-8H,2-5,15H2,1H3. The molecule has 0 atom stereocenters. The first kappa shape index (κ1) is 12.9. The summed E-state index contributed by atoms with van der Waals surface area (Å²) in [5.74, 6) is -0.514. The van der Waals surface area contributed by atoms with E-state index in [-0.39, 0.29) is 11.8 Å². The minimum atomic E-state index is -0.257. The van der Waals surface area contributed by atoms with Gasteiger partial charge in [0.25, 0.3) is 0 Å². The second-order valence-corrected chi connectivity index (χ2v) is 4.55. The van der Waals surface area contributed by atoms with E-state index in [2.05, 4.69) is 0 Å². The van der Waals surface area contributed by atoms with Crippen LogP contribution in [0.4, 0.5) is 4.39 Å². The summed E-state index contributed by atoms with van der Waals surface area (Å²) in [6, 6.07) is 4.90. The first-order valence-electron chi connectivity index (χ1n) is 6.28. The topological polar surface area (TPSA) is 26.3 Å². The maximum atomic E-state index is 13.4. The third kappa shape index (κ3) is 2.63. The minimum absolute atomic E-state index is 0.257. The Kier molecular flexibility index (Phi) is 3.85. The van der Waals surface area contributed by atoms with Crippen molar-refractivity contribution in [2.75, 3.05) is 6.61 Å². The van der Waals surface area contributed by atoms with Crippen molar-refractivity contribution in [2.45, 2.75) is 26.2 Å². The third-order valence-corrected chi connectivity index (χ3v) is 3.13. The third-order valence-electron chi connectivity index (χ3n) is 3.13. The van der Waals surface area contributed by atoms with Crippen LogP contribution in [0.2, 0.25) is 0 Å². The van der Waals surface area contributed by atoms with Gasteiger partial charge < -0.3 is 4.74 Å². The predicted octanol–water partition coefficient (Wildman–Crippen LogP) is 1.58. The van der Waals surface area contributed by atoms with E-state index in [4.69, 9.17) is 4.74 Å². The lowest BCUT2D eigenvalue weighted by Crippen LogP contribution is -2.09. The summed E-state index contributed by atoms with van der Waals surface area (Å²) < 4.78 is 18.5. The molecule has 1 aromatic carbocycles. The lowest BCUT2D eigenvalue weighted by Gasteiger charge is -2.08. The van der Waals surface area contributed by atoms with Crippen LogP contribution >= 0.6 is 0 Å². The number of esters is 1. The highest BCUT2D eigenvalue weighted by Gasteiger charge is 2.23. The summed E-state index contributed by atoms with van der Waals surface area (Å²) in [7, 11) is 1.85. The summed E-state index contributed by atoms with van der Waals surface area (Å²) >= 11 is 0. The molecule has 2 nitrogen and oxygen atoms in total. The van der Waals surface area contributed by atoms with Crippen LogP contribution in [0.3, 0.4) is 0 Å². The molecule has 4 heteroatoms. The van der Waals surface area contributed by atoms with E-state index in [9.17, 15) is 9.18 Å². The van der Waals surface area contributed by atoms with Gasteiger partial charge in [-0.05, 0) is 49.5 Å². The van der Waals surface area contributed by atoms with Gasteiger partial charge in [0.1, 0.15) is 13.7 Å². The van der Waals surface area contributed by atoms with Crippen molar-refractivity contribution in [2.24, 2.45) is 0 Å². The molecule has 0 aliphatic heterocycles. The molecule has 0 radical (unpaired) electrons. The highest BCUT2D eigenvalue weighted by Crippen LogP contribution is 2.34. The Labute approximate surface area is 107 Å². The van der Waals surface area contributed by atoms with E-state index in [1.807, 2.05) is 13.9 Å². The molecule has 0 aromatic heterocycles. The molecule has 0 saturated carbocycles. The van der Waals surface area contributed by atoms with Crippen LogP contribution in [-0.2, 0) is 9.53 Å². The zero-order valence-corrected chi connectivity index (χ0v) is 10.8. The van der Waals surface area contributed by atoms with Crippen LogP contribution in [-0.4, -0.2) is 20.4 Å². The molecular weight excluding hydrogens is 230 g/mol. The number of carbonyl (C=O) groups is 1. The van der Waals surface area contributed by atoms with Gasteiger partial charge >= 0.3 is 5.97 Å². The maximum absolute atomic E-state index is 13.4. The Morgan fingerprint density at radius 2 is 2.17 bits per heavy atom. The van der Waals surface area contributed by atoms with Crippen molar-refractivity contribution in [3.63, 3.8) is 0 Å². The van der Waals surface area contributed by atoms with E-state index in [0.29, 0.717) is 12.2 Å². The van der Waals surface area contributed by atoms with E-state index in [1.165, 1.54) is 12.1 Å². The summed E-state index contributed by atoms with van der Waals surface area (Å²) in [6.07, 6.45) is 2.47. The summed E-state index contributed by atoms with van der Waals surface area (Å²) in [6.45, 7) is 2.16. The monoisotopic (exact) mass is 246 g/mol. The van der Waals surface area contributed by atoms with Crippen molar-refractivity contribution in [1.82, 2.24) is 0 Å². The second-order valence-electron chi connectivity index (χ2n) is 4.55. The molecule has 94 valence electrons. The second kappa shape index (κ2) is 5.38. The number of allylic oxidation sites excluding steroid dienone is 1. The Balaban J connectivity index is 2.40. The average Bonchev–Trinajstić information content (AvgIpc) is 2.76. The fourth-order valence-corrected chi connectivity index (χ4v) is 2.42. The fourth-order valence-electron chi connectivity index (χ4n) is 2.42. The zero-order valence-electron chi connectivity index (χ0n) is 10.8. The van der Waals surface area contributed by atoms with Gasteiger partial charge in [-0.25, -0.2) is 9.18 Å². The molecule has 1 aromatic rings. The SMILES string of the molecule is Bc1cc(F)cc(C2=C(C(=O)OCC)CCC2)c1. The normalized spacial score (nSPS) is 15.0. The van der Waals surface area contributed by atoms with Crippen molar-refractivity contribution >= 4 is 24.9 Å².